The Morgan fingerprint density at radius 3 is 1.90 bits per heavy atom. The predicted octanol–water partition coefficient (Wildman–Crippen LogP) is 5.20. The molecule has 5 nitrogen and oxygen atoms in total. The number of aryl methyl sites for hydroxylation is 1. The molecule has 0 bridgehead atoms. The van der Waals surface area contributed by atoms with Crippen molar-refractivity contribution in [1.82, 2.24) is 0 Å². The van der Waals surface area contributed by atoms with Crippen LogP contribution in [0.4, 0.5) is 11.4 Å². The summed E-state index contributed by atoms with van der Waals surface area (Å²) in [4.78, 5) is 39.9. The van der Waals surface area contributed by atoms with Gasteiger partial charge in [0.15, 0.2) is 0 Å². The van der Waals surface area contributed by atoms with Crippen LogP contribution < -0.4 is 10.2 Å². The maximum Gasteiger partial charge on any atom is 0.265 e. The summed E-state index contributed by atoms with van der Waals surface area (Å²) in [5.41, 5.74) is 3.67. The smallest absolute Gasteiger partial charge is 0.265 e. The van der Waals surface area contributed by atoms with Gasteiger partial charge in [-0.2, -0.15) is 0 Å². The minimum Gasteiger partial charge on any atom is -0.322 e. The molecule has 1 N–H and O–H groups in total. The minimum atomic E-state index is -0.356. The number of hydrogen-bond acceptors (Lipinski definition) is 3. The molecule has 150 valence electrons. The van der Waals surface area contributed by atoms with Crippen molar-refractivity contribution in [2.45, 2.75) is 6.92 Å². The fourth-order valence-corrected chi connectivity index (χ4v) is 3.87. The number of carbonyl (C=O) groups is 3. The highest BCUT2D eigenvalue weighted by Crippen LogP contribution is 2.33. The van der Waals surface area contributed by atoms with Crippen LogP contribution in [0.1, 0.15) is 36.6 Å². The Kier molecular flexibility index (Phi) is 4.37. The third kappa shape index (κ3) is 3.16. The number of hydrogen-bond donors (Lipinski definition) is 1. The minimum absolute atomic E-state index is 0.224. The first-order chi connectivity index (χ1) is 15.0. The molecule has 1 heterocycles. The Hall–Kier alpha value is -4.25. The molecule has 0 fully saturated rings. The van der Waals surface area contributed by atoms with E-state index in [0.717, 1.165) is 10.9 Å². The number of imide groups is 1. The topological polar surface area (TPSA) is 66.5 Å². The van der Waals surface area contributed by atoms with E-state index in [-0.39, 0.29) is 17.7 Å². The third-order valence-electron chi connectivity index (χ3n) is 5.47. The predicted molar refractivity (Wildman–Crippen MR) is 121 cm³/mol. The standard InChI is InChI=1S/C26H18N2O3/c1-16-8-10-18(11-9-16)24(29)27-19-12-14-20(15-13-19)28-25(30)21-6-2-4-17-5-3-7-22(23(17)21)26(28)31/h2-15H,1H3,(H,27,29). The molecule has 31 heavy (non-hydrogen) atoms. The van der Waals surface area contributed by atoms with Crippen LogP contribution in [0.25, 0.3) is 10.8 Å². The molecule has 1 aliphatic heterocycles. The molecule has 0 saturated heterocycles. The number of amides is 3. The zero-order chi connectivity index (χ0) is 21.5. The number of benzene rings is 4. The van der Waals surface area contributed by atoms with E-state index in [4.69, 9.17) is 0 Å². The van der Waals surface area contributed by atoms with E-state index >= 15 is 0 Å². The van der Waals surface area contributed by atoms with Crippen molar-refractivity contribution in [3.63, 3.8) is 0 Å². The van der Waals surface area contributed by atoms with Crippen molar-refractivity contribution in [3.05, 3.63) is 107 Å². The van der Waals surface area contributed by atoms with Crippen LogP contribution in [0.5, 0.6) is 0 Å². The number of nitrogens with one attached hydrogen (secondary N) is 1. The highest BCUT2D eigenvalue weighted by atomic mass is 16.2. The van der Waals surface area contributed by atoms with E-state index in [9.17, 15) is 14.4 Å². The van der Waals surface area contributed by atoms with Crippen molar-refractivity contribution >= 4 is 39.9 Å². The summed E-state index contributed by atoms with van der Waals surface area (Å²) in [7, 11) is 0. The molecular formula is C26H18N2O3. The van der Waals surface area contributed by atoms with Gasteiger partial charge < -0.3 is 5.32 Å². The Morgan fingerprint density at radius 2 is 1.32 bits per heavy atom. The maximum atomic E-state index is 13.1. The van der Waals surface area contributed by atoms with Crippen LogP contribution in [-0.4, -0.2) is 17.7 Å². The first kappa shape index (κ1) is 18.8. The van der Waals surface area contributed by atoms with Gasteiger partial charge in [0, 0.05) is 27.8 Å². The Morgan fingerprint density at radius 1 is 0.742 bits per heavy atom. The molecule has 1 aliphatic rings. The van der Waals surface area contributed by atoms with Crippen LogP contribution >= 0.6 is 0 Å². The van der Waals surface area contributed by atoms with Gasteiger partial charge in [-0.15, -0.1) is 0 Å². The molecular weight excluding hydrogens is 388 g/mol. The second kappa shape index (κ2) is 7.22. The van der Waals surface area contributed by atoms with Gasteiger partial charge in [-0.05, 0) is 60.8 Å². The van der Waals surface area contributed by atoms with E-state index in [2.05, 4.69) is 5.32 Å². The largest absolute Gasteiger partial charge is 0.322 e. The fraction of sp³-hybridized carbons (Fsp3) is 0.0385. The lowest BCUT2D eigenvalue weighted by Gasteiger charge is -2.27. The first-order valence-corrected chi connectivity index (χ1v) is 9.91. The summed E-state index contributed by atoms with van der Waals surface area (Å²) in [5, 5.41) is 4.39. The maximum absolute atomic E-state index is 13.1. The van der Waals surface area contributed by atoms with E-state index in [1.54, 1.807) is 48.5 Å². The molecule has 0 aromatic heterocycles. The molecule has 0 unspecified atom stereocenters. The van der Waals surface area contributed by atoms with Gasteiger partial charge in [-0.3, -0.25) is 14.4 Å². The normalized spacial score (nSPS) is 12.9. The van der Waals surface area contributed by atoms with E-state index in [1.165, 1.54) is 4.90 Å². The van der Waals surface area contributed by atoms with Gasteiger partial charge in [0.05, 0.1) is 5.69 Å². The van der Waals surface area contributed by atoms with E-state index in [1.807, 2.05) is 43.3 Å². The van der Waals surface area contributed by atoms with E-state index in [0.29, 0.717) is 33.5 Å². The zero-order valence-electron chi connectivity index (χ0n) is 16.8. The van der Waals surface area contributed by atoms with Gasteiger partial charge in [0.2, 0.25) is 0 Å². The molecule has 4 aromatic carbocycles. The van der Waals surface area contributed by atoms with Crippen molar-refractivity contribution in [3.8, 4) is 0 Å². The quantitative estimate of drug-likeness (QED) is 0.476. The molecule has 0 spiro atoms. The molecule has 0 saturated carbocycles. The zero-order valence-corrected chi connectivity index (χ0v) is 16.8. The average Bonchev–Trinajstić information content (AvgIpc) is 2.79. The fourth-order valence-electron chi connectivity index (χ4n) is 3.87. The number of nitrogens with zero attached hydrogens (tertiary/aromatic N) is 1. The van der Waals surface area contributed by atoms with Crippen LogP contribution in [0, 0.1) is 6.92 Å². The molecule has 5 heteroatoms. The molecule has 0 radical (unpaired) electrons. The lowest BCUT2D eigenvalue weighted by Crippen LogP contribution is -2.40. The lowest BCUT2D eigenvalue weighted by atomic mass is 9.94. The SMILES string of the molecule is Cc1ccc(C(=O)Nc2ccc(N3C(=O)c4cccc5cccc(c45)C3=O)cc2)cc1. The van der Waals surface area contributed by atoms with Gasteiger partial charge in [0.25, 0.3) is 17.7 Å². The second-order valence-corrected chi connectivity index (χ2v) is 7.52. The van der Waals surface area contributed by atoms with Crippen molar-refractivity contribution in [2.24, 2.45) is 0 Å². The monoisotopic (exact) mass is 406 g/mol. The molecule has 4 aromatic rings. The summed E-state index contributed by atoms with van der Waals surface area (Å²) in [5.74, 6) is -0.935. The summed E-state index contributed by atoms with van der Waals surface area (Å²) in [6, 6.07) is 24.9. The highest BCUT2D eigenvalue weighted by Gasteiger charge is 2.33. The van der Waals surface area contributed by atoms with Gasteiger partial charge in [0.1, 0.15) is 0 Å². The Labute approximate surface area is 178 Å². The molecule has 5 rings (SSSR count). The van der Waals surface area contributed by atoms with Gasteiger partial charge in [-0.25, -0.2) is 4.90 Å². The lowest BCUT2D eigenvalue weighted by molar-refractivity contribution is 0.0892. The number of anilines is 2. The van der Waals surface area contributed by atoms with E-state index < -0.39 is 0 Å². The number of carbonyl (C=O) groups excluding carboxylic acids is 3. The summed E-state index contributed by atoms with van der Waals surface area (Å²) in [6.45, 7) is 1.96. The van der Waals surface area contributed by atoms with Crippen LogP contribution in [0.2, 0.25) is 0 Å². The Bertz CT molecular complexity index is 1310. The molecule has 0 atom stereocenters. The summed E-state index contributed by atoms with van der Waals surface area (Å²) < 4.78 is 0. The van der Waals surface area contributed by atoms with Gasteiger partial charge in [-0.1, -0.05) is 42.0 Å². The summed E-state index contributed by atoms with van der Waals surface area (Å²) in [6.07, 6.45) is 0. The van der Waals surface area contributed by atoms with Crippen molar-refractivity contribution in [1.29, 1.82) is 0 Å². The second-order valence-electron chi connectivity index (χ2n) is 7.52. The van der Waals surface area contributed by atoms with Crippen LogP contribution in [-0.2, 0) is 0 Å². The number of rotatable bonds is 3. The van der Waals surface area contributed by atoms with Crippen LogP contribution in [0.3, 0.4) is 0 Å². The highest BCUT2D eigenvalue weighted by molar-refractivity contribution is 6.35. The van der Waals surface area contributed by atoms with Crippen molar-refractivity contribution in [2.75, 3.05) is 10.2 Å². The summed E-state index contributed by atoms with van der Waals surface area (Å²) >= 11 is 0. The average molecular weight is 406 g/mol. The van der Waals surface area contributed by atoms with Gasteiger partial charge >= 0.3 is 0 Å². The molecule has 0 aliphatic carbocycles. The first-order valence-electron chi connectivity index (χ1n) is 9.91. The Balaban J connectivity index is 1.43. The van der Waals surface area contributed by atoms with Crippen molar-refractivity contribution < 1.29 is 14.4 Å². The molecule has 3 amide bonds. The third-order valence-corrected chi connectivity index (χ3v) is 5.47. The van der Waals surface area contributed by atoms with Crippen LogP contribution in [0.15, 0.2) is 84.9 Å².